The van der Waals surface area contributed by atoms with Crippen molar-refractivity contribution >= 4 is 28.8 Å². The lowest BCUT2D eigenvalue weighted by Gasteiger charge is -2.00. The van der Waals surface area contributed by atoms with E-state index in [1.165, 1.54) is 41.3 Å². The van der Waals surface area contributed by atoms with Crippen LogP contribution in [0.1, 0.15) is 11.3 Å². The third-order valence-corrected chi connectivity index (χ3v) is 4.18. The fourth-order valence-electron chi connectivity index (χ4n) is 1.29. The molecule has 0 saturated heterocycles. The highest BCUT2D eigenvalue weighted by Gasteiger charge is 2.16. The molecule has 0 saturated carbocycles. The number of aromatic nitrogens is 1. The molecule has 90 valence electrons. The van der Waals surface area contributed by atoms with Gasteiger partial charge in [-0.1, -0.05) is 11.8 Å². The molecule has 7 heteroatoms. The van der Waals surface area contributed by atoms with Gasteiger partial charge in [0, 0.05) is 17.1 Å². The number of rotatable bonds is 3. The van der Waals surface area contributed by atoms with Crippen molar-refractivity contribution in [2.45, 2.75) is 16.2 Å². The molecule has 2 aromatic rings. The standard InChI is InChI=1S/C11H7N3O2S2/c1-7-6-17-11(13-7)18-10-4-8(5-12)2-3-9(10)14(15)16/h2-4,6H,1H3. The van der Waals surface area contributed by atoms with Crippen LogP contribution in [0.15, 0.2) is 32.8 Å². The lowest BCUT2D eigenvalue weighted by molar-refractivity contribution is -0.387. The Labute approximate surface area is 111 Å². The molecule has 0 spiro atoms. The Hall–Kier alpha value is -1.91. The van der Waals surface area contributed by atoms with Crippen molar-refractivity contribution in [1.82, 2.24) is 4.98 Å². The lowest BCUT2D eigenvalue weighted by atomic mass is 10.2. The first kappa shape index (κ1) is 12.5. The predicted octanol–water partition coefficient (Wildman–Crippen LogP) is 3.38. The van der Waals surface area contributed by atoms with E-state index in [9.17, 15) is 10.1 Å². The summed E-state index contributed by atoms with van der Waals surface area (Å²) in [6.07, 6.45) is 0. The highest BCUT2D eigenvalue weighted by molar-refractivity contribution is 8.01. The molecule has 0 aliphatic rings. The summed E-state index contributed by atoms with van der Waals surface area (Å²) in [5, 5.41) is 21.6. The molecule has 18 heavy (non-hydrogen) atoms. The Morgan fingerprint density at radius 1 is 1.56 bits per heavy atom. The summed E-state index contributed by atoms with van der Waals surface area (Å²) in [5.74, 6) is 0. The summed E-state index contributed by atoms with van der Waals surface area (Å²) < 4.78 is 0.727. The number of aryl methyl sites for hydroxylation is 1. The topological polar surface area (TPSA) is 79.8 Å². The summed E-state index contributed by atoms with van der Waals surface area (Å²) in [6, 6.07) is 6.27. The minimum atomic E-state index is -0.454. The van der Waals surface area contributed by atoms with Gasteiger partial charge in [0.1, 0.15) is 0 Å². The van der Waals surface area contributed by atoms with Gasteiger partial charge in [-0.2, -0.15) is 5.26 Å². The molecule has 0 atom stereocenters. The molecule has 0 bridgehead atoms. The van der Waals surface area contributed by atoms with Gasteiger partial charge in [0.15, 0.2) is 4.34 Å². The quantitative estimate of drug-likeness (QED) is 0.634. The van der Waals surface area contributed by atoms with Crippen LogP contribution in [0.5, 0.6) is 0 Å². The third-order valence-electron chi connectivity index (χ3n) is 2.08. The van der Waals surface area contributed by atoms with Crippen molar-refractivity contribution in [1.29, 1.82) is 5.26 Å². The van der Waals surface area contributed by atoms with E-state index in [0.717, 1.165) is 10.0 Å². The lowest BCUT2D eigenvalue weighted by Crippen LogP contribution is -1.91. The van der Waals surface area contributed by atoms with E-state index in [2.05, 4.69) is 4.98 Å². The Morgan fingerprint density at radius 2 is 2.33 bits per heavy atom. The molecule has 0 fully saturated rings. The van der Waals surface area contributed by atoms with E-state index in [1.807, 2.05) is 18.4 Å². The Bertz CT molecular complexity index is 646. The average molecular weight is 277 g/mol. The highest BCUT2D eigenvalue weighted by Crippen LogP contribution is 2.36. The van der Waals surface area contributed by atoms with Gasteiger partial charge in [0.25, 0.3) is 5.69 Å². The third kappa shape index (κ3) is 2.67. The van der Waals surface area contributed by atoms with Gasteiger partial charge in [0.05, 0.1) is 21.5 Å². The zero-order chi connectivity index (χ0) is 13.1. The molecular formula is C11H7N3O2S2. The monoisotopic (exact) mass is 277 g/mol. The van der Waals surface area contributed by atoms with Crippen molar-refractivity contribution in [3.8, 4) is 6.07 Å². The highest BCUT2D eigenvalue weighted by atomic mass is 32.2. The number of nitriles is 1. The molecule has 0 radical (unpaired) electrons. The van der Waals surface area contributed by atoms with Gasteiger partial charge in [-0.3, -0.25) is 10.1 Å². The molecule has 1 heterocycles. The van der Waals surface area contributed by atoms with E-state index < -0.39 is 4.92 Å². The molecule has 0 aliphatic carbocycles. The molecule has 1 aromatic carbocycles. The first-order valence-electron chi connectivity index (χ1n) is 4.88. The Kier molecular flexibility index (Phi) is 3.60. The van der Waals surface area contributed by atoms with Crippen LogP contribution >= 0.6 is 23.1 Å². The fraction of sp³-hybridized carbons (Fsp3) is 0.0909. The Balaban J connectivity index is 2.41. The van der Waals surface area contributed by atoms with E-state index in [4.69, 9.17) is 5.26 Å². The second-order valence-corrected chi connectivity index (χ2v) is 5.56. The zero-order valence-electron chi connectivity index (χ0n) is 9.28. The van der Waals surface area contributed by atoms with Gasteiger partial charge < -0.3 is 0 Å². The van der Waals surface area contributed by atoms with Gasteiger partial charge in [-0.05, 0) is 19.1 Å². The smallest absolute Gasteiger partial charge is 0.258 e. The minimum Gasteiger partial charge on any atom is -0.258 e. The number of thiazole rings is 1. The normalized spacial score (nSPS) is 10.0. The molecule has 0 aliphatic heterocycles. The van der Waals surface area contributed by atoms with Crippen LogP contribution in [0.3, 0.4) is 0 Å². The first-order chi connectivity index (χ1) is 8.60. The van der Waals surface area contributed by atoms with Crippen LogP contribution in [0.4, 0.5) is 5.69 Å². The first-order valence-corrected chi connectivity index (χ1v) is 6.58. The molecule has 5 nitrogen and oxygen atoms in total. The maximum absolute atomic E-state index is 10.9. The van der Waals surface area contributed by atoms with Gasteiger partial charge in [0.2, 0.25) is 0 Å². The van der Waals surface area contributed by atoms with Gasteiger partial charge in [-0.25, -0.2) is 4.98 Å². The summed E-state index contributed by atoms with van der Waals surface area (Å²) in [5.41, 5.74) is 1.27. The maximum atomic E-state index is 10.9. The Morgan fingerprint density at radius 3 is 2.89 bits per heavy atom. The van der Waals surface area contributed by atoms with Crippen LogP contribution in [0, 0.1) is 28.4 Å². The van der Waals surface area contributed by atoms with Crippen molar-refractivity contribution in [3.05, 3.63) is 45.0 Å². The van der Waals surface area contributed by atoms with Crippen LogP contribution < -0.4 is 0 Å². The number of nitro benzene ring substituents is 1. The summed E-state index contributed by atoms with van der Waals surface area (Å²) in [7, 11) is 0. The van der Waals surface area contributed by atoms with Crippen LogP contribution in [-0.4, -0.2) is 9.91 Å². The summed E-state index contributed by atoms with van der Waals surface area (Å²) >= 11 is 2.63. The number of nitrogens with zero attached hydrogens (tertiary/aromatic N) is 3. The van der Waals surface area contributed by atoms with Crippen LogP contribution in [0.2, 0.25) is 0 Å². The molecular weight excluding hydrogens is 270 g/mol. The SMILES string of the molecule is Cc1csc(Sc2cc(C#N)ccc2[N+](=O)[O-])n1. The molecule has 0 N–H and O–H groups in total. The van der Waals surface area contributed by atoms with Crippen molar-refractivity contribution in [3.63, 3.8) is 0 Å². The van der Waals surface area contributed by atoms with E-state index >= 15 is 0 Å². The second kappa shape index (κ2) is 5.16. The maximum Gasteiger partial charge on any atom is 0.283 e. The van der Waals surface area contributed by atoms with Crippen molar-refractivity contribution in [2.75, 3.05) is 0 Å². The van der Waals surface area contributed by atoms with E-state index in [-0.39, 0.29) is 5.69 Å². The number of benzene rings is 1. The average Bonchev–Trinajstić information content (AvgIpc) is 2.74. The zero-order valence-corrected chi connectivity index (χ0v) is 10.9. The van der Waals surface area contributed by atoms with E-state index in [0.29, 0.717) is 10.5 Å². The molecule has 1 aromatic heterocycles. The number of hydrogen-bond acceptors (Lipinski definition) is 6. The predicted molar refractivity (Wildman–Crippen MR) is 68.8 cm³/mol. The fourth-order valence-corrected chi connectivity index (χ4v) is 3.23. The van der Waals surface area contributed by atoms with Gasteiger partial charge in [-0.15, -0.1) is 11.3 Å². The second-order valence-electron chi connectivity index (χ2n) is 3.41. The largest absolute Gasteiger partial charge is 0.283 e. The van der Waals surface area contributed by atoms with Crippen LogP contribution in [-0.2, 0) is 0 Å². The summed E-state index contributed by atoms with van der Waals surface area (Å²) in [6.45, 7) is 1.86. The molecule has 0 amide bonds. The number of nitro groups is 1. The van der Waals surface area contributed by atoms with E-state index in [1.54, 1.807) is 0 Å². The molecule has 0 unspecified atom stereocenters. The number of hydrogen-bond donors (Lipinski definition) is 0. The minimum absolute atomic E-state index is 0.00754. The molecule has 2 rings (SSSR count). The van der Waals surface area contributed by atoms with Gasteiger partial charge >= 0.3 is 0 Å². The van der Waals surface area contributed by atoms with Crippen molar-refractivity contribution < 1.29 is 4.92 Å². The summed E-state index contributed by atoms with van der Waals surface area (Å²) in [4.78, 5) is 15.1. The van der Waals surface area contributed by atoms with Crippen LogP contribution in [0.25, 0.3) is 0 Å². The van der Waals surface area contributed by atoms with Crippen molar-refractivity contribution in [2.24, 2.45) is 0 Å².